The van der Waals surface area contributed by atoms with Gasteiger partial charge in [-0.15, -0.1) is 0 Å². The summed E-state index contributed by atoms with van der Waals surface area (Å²) in [6.07, 6.45) is 1.25. The van der Waals surface area contributed by atoms with Gasteiger partial charge in [-0.25, -0.2) is 0 Å². The Labute approximate surface area is 78.9 Å². The van der Waals surface area contributed by atoms with Crippen LogP contribution < -0.4 is 5.32 Å². The van der Waals surface area contributed by atoms with E-state index in [0.29, 0.717) is 6.54 Å². The molecule has 0 atom stereocenters. The molecule has 4 heteroatoms. The number of carbonyl (C=O) groups excluding carboxylic acids is 1. The number of methoxy groups -OCH3 is 2. The minimum atomic E-state index is -0.282. The molecule has 0 spiro atoms. The minimum Gasteiger partial charge on any atom is -0.383 e. The number of nitrogens with one attached hydrogen (secondary N) is 1. The van der Waals surface area contributed by atoms with Gasteiger partial charge in [0.2, 0.25) is 0 Å². The lowest BCUT2D eigenvalue weighted by Gasteiger charge is -2.14. The van der Waals surface area contributed by atoms with Crippen LogP contribution >= 0.6 is 0 Å². The average molecular weight is 187 g/mol. The molecule has 0 unspecified atom stereocenters. The van der Waals surface area contributed by atoms with Crippen molar-refractivity contribution in [3.8, 4) is 0 Å². The molecular formula is C9H17NO3. The van der Waals surface area contributed by atoms with Crippen LogP contribution in [0.4, 0.5) is 0 Å². The van der Waals surface area contributed by atoms with Gasteiger partial charge in [-0.1, -0.05) is 0 Å². The fraction of sp³-hybridized carbons (Fsp3) is 0.667. The van der Waals surface area contributed by atoms with E-state index in [9.17, 15) is 4.79 Å². The number of ether oxygens (including phenoxy) is 2. The lowest BCUT2D eigenvalue weighted by molar-refractivity contribution is -0.112. The van der Waals surface area contributed by atoms with Crippen LogP contribution in [0.5, 0.6) is 0 Å². The molecule has 0 aliphatic rings. The third-order valence-corrected chi connectivity index (χ3v) is 1.49. The summed E-state index contributed by atoms with van der Waals surface area (Å²) < 4.78 is 9.92. The molecule has 76 valence electrons. The van der Waals surface area contributed by atoms with Crippen molar-refractivity contribution >= 4 is 5.78 Å². The van der Waals surface area contributed by atoms with Crippen LogP contribution in [-0.2, 0) is 14.3 Å². The molecule has 0 rings (SSSR count). The van der Waals surface area contributed by atoms with Gasteiger partial charge in [-0.3, -0.25) is 4.79 Å². The summed E-state index contributed by atoms with van der Waals surface area (Å²) in [4.78, 5) is 10.7. The van der Waals surface area contributed by atoms with Gasteiger partial charge in [0, 0.05) is 19.9 Å². The van der Waals surface area contributed by atoms with Crippen molar-refractivity contribution in [3.63, 3.8) is 0 Å². The Bertz CT molecular complexity index is 185. The zero-order valence-electron chi connectivity index (χ0n) is 8.59. The second-order valence-electron chi connectivity index (χ2n) is 2.72. The Morgan fingerprint density at radius 3 is 2.31 bits per heavy atom. The van der Waals surface area contributed by atoms with Gasteiger partial charge in [0.1, 0.15) is 0 Å². The molecule has 0 amide bonds. The highest BCUT2D eigenvalue weighted by Gasteiger charge is 2.03. The number of ketones is 1. The first-order valence-electron chi connectivity index (χ1n) is 4.08. The molecular weight excluding hydrogens is 170 g/mol. The van der Waals surface area contributed by atoms with Crippen molar-refractivity contribution in [2.45, 2.75) is 20.1 Å². The summed E-state index contributed by atoms with van der Waals surface area (Å²) in [6, 6.07) is 0. The highest BCUT2D eigenvalue weighted by Crippen LogP contribution is 1.92. The number of hydrogen-bond acceptors (Lipinski definition) is 4. The second kappa shape index (κ2) is 6.62. The first-order chi connectivity index (χ1) is 6.10. The predicted octanol–water partition coefficient (Wildman–Crippen LogP) is 0.688. The molecule has 13 heavy (non-hydrogen) atoms. The predicted molar refractivity (Wildman–Crippen MR) is 50.2 cm³/mol. The van der Waals surface area contributed by atoms with E-state index in [4.69, 9.17) is 9.47 Å². The van der Waals surface area contributed by atoms with E-state index >= 15 is 0 Å². The fourth-order valence-corrected chi connectivity index (χ4v) is 0.863. The zero-order valence-corrected chi connectivity index (χ0v) is 8.59. The van der Waals surface area contributed by atoms with Crippen LogP contribution in [-0.4, -0.2) is 32.8 Å². The Morgan fingerprint density at radius 2 is 1.92 bits per heavy atom. The van der Waals surface area contributed by atoms with E-state index in [-0.39, 0.29) is 12.1 Å². The number of hydrogen-bond donors (Lipinski definition) is 1. The molecule has 1 N–H and O–H groups in total. The summed E-state index contributed by atoms with van der Waals surface area (Å²) in [5.74, 6) is 0.0244. The number of carbonyl (C=O) groups is 1. The standard InChI is InChI=1S/C9H17NO3/c1-7(5-8(2)11)10-6-9(12-3)13-4/h5,9-10H,6H2,1-4H3. The van der Waals surface area contributed by atoms with Gasteiger partial charge in [0.15, 0.2) is 12.1 Å². The second-order valence-corrected chi connectivity index (χ2v) is 2.72. The Hall–Kier alpha value is -0.870. The third-order valence-electron chi connectivity index (χ3n) is 1.49. The van der Waals surface area contributed by atoms with E-state index in [1.54, 1.807) is 14.2 Å². The first-order valence-corrected chi connectivity index (χ1v) is 4.08. The Kier molecular flexibility index (Phi) is 6.18. The quantitative estimate of drug-likeness (QED) is 0.491. The summed E-state index contributed by atoms with van der Waals surface area (Å²) in [5, 5.41) is 3.01. The maximum Gasteiger partial charge on any atom is 0.173 e. The van der Waals surface area contributed by atoms with Gasteiger partial charge < -0.3 is 14.8 Å². The van der Waals surface area contributed by atoms with Crippen molar-refractivity contribution in [3.05, 3.63) is 11.8 Å². The molecule has 0 saturated carbocycles. The van der Waals surface area contributed by atoms with Crippen molar-refractivity contribution in [1.82, 2.24) is 5.32 Å². The highest BCUT2D eigenvalue weighted by molar-refractivity contribution is 5.87. The van der Waals surface area contributed by atoms with Crippen LogP contribution in [0.25, 0.3) is 0 Å². The molecule has 0 aliphatic carbocycles. The molecule has 0 aromatic heterocycles. The molecule has 0 heterocycles. The summed E-state index contributed by atoms with van der Waals surface area (Å²) in [5.41, 5.74) is 0.812. The van der Waals surface area contributed by atoms with Crippen LogP contribution in [0.2, 0.25) is 0 Å². The third kappa shape index (κ3) is 6.31. The van der Waals surface area contributed by atoms with Crippen LogP contribution in [0.15, 0.2) is 11.8 Å². The van der Waals surface area contributed by atoms with Crippen LogP contribution in [0.1, 0.15) is 13.8 Å². The number of allylic oxidation sites excluding steroid dienone is 2. The van der Waals surface area contributed by atoms with Gasteiger partial charge in [0.05, 0.1) is 6.54 Å². The highest BCUT2D eigenvalue weighted by atomic mass is 16.7. The molecule has 0 fully saturated rings. The topological polar surface area (TPSA) is 47.6 Å². The summed E-state index contributed by atoms with van der Waals surface area (Å²) >= 11 is 0. The molecule has 0 aromatic carbocycles. The van der Waals surface area contributed by atoms with E-state index in [1.807, 2.05) is 6.92 Å². The summed E-state index contributed by atoms with van der Waals surface area (Å²) in [6.45, 7) is 3.86. The maximum atomic E-state index is 10.7. The van der Waals surface area contributed by atoms with Crippen LogP contribution in [0, 0.1) is 0 Å². The molecule has 0 saturated heterocycles. The molecule has 0 radical (unpaired) electrons. The van der Waals surface area contributed by atoms with Crippen molar-refractivity contribution in [2.75, 3.05) is 20.8 Å². The minimum absolute atomic E-state index is 0.0244. The average Bonchev–Trinajstić information content (AvgIpc) is 2.05. The lowest BCUT2D eigenvalue weighted by Crippen LogP contribution is -2.28. The largest absolute Gasteiger partial charge is 0.383 e. The van der Waals surface area contributed by atoms with Crippen LogP contribution in [0.3, 0.4) is 0 Å². The Morgan fingerprint density at radius 1 is 1.38 bits per heavy atom. The Balaban J connectivity index is 3.80. The molecule has 0 aliphatic heterocycles. The van der Waals surface area contributed by atoms with E-state index in [1.165, 1.54) is 13.0 Å². The zero-order chi connectivity index (χ0) is 10.3. The molecule has 4 nitrogen and oxygen atoms in total. The van der Waals surface area contributed by atoms with Crippen molar-refractivity contribution < 1.29 is 14.3 Å². The van der Waals surface area contributed by atoms with E-state index in [2.05, 4.69) is 5.32 Å². The van der Waals surface area contributed by atoms with Gasteiger partial charge in [-0.05, 0) is 19.9 Å². The first kappa shape index (κ1) is 12.1. The number of rotatable bonds is 6. The lowest BCUT2D eigenvalue weighted by atomic mass is 10.3. The van der Waals surface area contributed by atoms with Gasteiger partial charge in [-0.2, -0.15) is 0 Å². The summed E-state index contributed by atoms with van der Waals surface area (Å²) in [7, 11) is 3.14. The monoisotopic (exact) mass is 187 g/mol. The van der Waals surface area contributed by atoms with Gasteiger partial charge >= 0.3 is 0 Å². The van der Waals surface area contributed by atoms with Crippen molar-refractivity contribution in [2.24, 2.45) is 0 Å². The van der Waals surface area contributed by atoms with E-state index in [0.717, 1.165) is 5.70 Å². The maximum absolute atomic E-state index is 10.7. The van der Waals surface area contributed by atoms with Crippen molar-refractivity contribution in [1.29, 1.82) is 0 Å². The normalized spacial score (nSPS) is 11.9. The smallest absolute Gasteiger partial charge is 0.173 e. The SMILES string of the molecule is COC(CNC(C)=CC(C)=O)OC. The van der Waals surface area contributed by atoms with E-state index < -0.39 is 0 Å². The molecule has 0 bridgehead atoms. The molecule has 0 aromatic rings. The van der Waals surface area contributed by atoms with Gasteiger partial charge in [0.25, 0.3) is 0 Å². The fourth-order valence-electron chi connectivity index (χ4n) is 0.863.